The molecule has 28 heavy (non-hydrogen) atoms. The first-order valence-corrected chi connectivity index (χ1v) is 10.2. The summed E-state index contributed by atoms with van der Waals surface area (Å²) in [4.78, 5) is 34.2. The highest BCUT2D eigenvalue weighted by atomic mass is 16.5. The van der Waals surface area contributed by atoms with Crippen LogP contribution in [0.3, 0.4) is 0 Å². The lowest BCUT2D eigenvalue weighted by Gasteiger charge is -2.35. The number of hydrogen-bond donors (Lipinski definition) is 0. The van der Waals surface area contributed by atoms with Crippen molar-refractivity contribution in [2.45, 2.75) is 44.6 Å². The van der Waals surface area contributed by atoms with E-state index in [0.29, 0.717) is 31.0 Å². The van der Waals surface area contributed by atoms with E-state index in [2.05, 4.69) is 10.1 Å². The average molecular weight is 380 g/mol. The Morgan fingerprint density at radius 3 is 2.79 bits per heavy atom. The number of aryl methyl sites for hydroxylation is 1. The zero-order valence-corrected chi connectivity index (χ0v) is 15.8. The SMILES string of the molecule is O=C(c1ccccn1)N1C[C@@H]2CC[C@H](C1)N(C(=O)c1noc3c1CCCC3)C2. The Morgan fingerprint density at radius 1 is 1.04 bits per heavy atom. The van der Waals surface area contributed by atoms with Gasteiger partial charge in [0.25, 0.3) is 11.8 Å². The first-order valence-electron chi connectivity index (χ1n) is 10.2. The third-order valence-corrected chi connectivity index (χ3v) is 6.30. The van der Waals surface area contributed by atoms with Gasteiger partial charge in [0.15, 0.2) is 5.69 Å². The monoisotopic (exact) mass is 380 g/mol. The van der Waals surface area contributed by atoms with Crippen molar-refractivity contribution in [3.63, 3.8) is 0 Å². The van der Waals surface area contributed by atoms with Crippen LogP contribution in [0.15, 0.2) is 28.9 Å². The van der Waals surface area contributed by atoms with Gasteiger partial charge in [-0.3, -0.25) is 14.6 Å². The lowest BCUT2D eigenvalue weighted by Crippen LogP contribution is -2.48. The molecule has 0 saturated carbocycles. The maximum atomic E-state index is 13.3. The molecule has 2 bridgehead atoms. The molecule has 6 rings (SSSR count). The molecule has 2 aromatic heterocycles. The fraction of sp³-hybridized carbons (Fsp3) is 0.524. The highest BCUT2D eigenvalue weighted by molar-refractivity contribution is 5.95. The van der Waals surface area contributed by atoms with Crippen molar-refractivity contribution in [3.8, 4) is 0 Å². The van der Waals surface area contributed by atoms with Crippen LogP contribution in [0.1, 0.15) is 58.0 Å². The zero-order chi connectivity index (χ0) is 19.1. The minimum Gasteiger partial charge on any atom is -0.360 e. The molecule has 0 spiro atoms. The molecule has 0 unspecified atom stereocenters. The molecular formula is C21H24N4O3. The Morgan fingerprint density at radius 2 is 1.93 bits per heavy atom. The van der Waals surface area contributed by atoms with Crippen molar-refractivity contribution in [1.29, 1.82) is 0 Å². The van der Waals surface area contributed by atoms with E-state index in [1.54, 1.807) is 12.3 Å². The molecule has 7 heteroatoms. The van der Waals surface area contributed by atoms with Crippen LogP contribution in [-0.4, -0.2) is 57.4 Å². The molecule has 2 aromatic rings. The van der Waals surface area contributed by atoms with E-state index in [1.165, 1.54) is 0 Å². The van der Waals surface area contributed by atoms with Crippen LogP contribution in [-0.2, 0) is 12.8 Å². The number of carbonyl (C=O) groups is 2. The first kappa shape index (κ1) is 17.4. The second-order valence-corrected chi connectivity index (χ2v) is 8.12. The van der Waals surface area contributed by atoms with Crippen molar-refractivity contribution in [2.75, 3.05) is 19.6 Å². The number of amides is 2. The molecular weight excluding hydrogens is 356 g/mol. The summed E-state index contributed by atoms with van der Waals surface area (Å²) in [5, 5.41) is 4.13. The molecule has 0 radical (unpaired) electrons. The van der Waals surface area contributed by atoms with Gasteiger partial charge in [0, 0.05) is 43.9 Å². The number of hydrogen-bond acceptors (Lipinski definition) is 5. The van der Waals surface area contributed by atoms with E-state index in [1.807, 2.05) is 21.9 Å². The highest BCUT2D eigenvalue weighted by Crippen LogP contribution is 2.32. The van der Waals surface area contributed by atoms with Crippen molar-refractivity contribution in [3.05, 3.63) is 47.1 Å². The number of carbonyl (C=O) groups excluding carboxylic acids is 2. The van der Waals surface area contributed by atoms with Crippen LogP contribution in [0.4, 0.5) is 0 Å². The molecule has 2 amide bonds. The Bertz CT molecular complexity index is 894. The Hall–Kier alpha value is -2.70. The minimum atomic E-state index is -0.0504. The van der Waals surface area contributed by atoms with E-state index in [9.17, 15) is 9.59 Å². The summed E-state index contributed by atoms with van der Waals surface area (Å²) in [5.74, 6) is 1.08. The van der Waals surface area contributed by atoms with Gasteiger partial charge in [-0.2, -0.15) is 0 Å². The molecule has 2 atom stereocenters. The molecule has 3 aliphatic heterocycles. The molecule has 5 heterocycles. The van der Waals surface area contributed by atoms with Crippen LogP contribution in [0.2, 0.25) is 0 Å². The fourth-order valence-electron chi connectivity index (χ4n) is 4.84. The number of piperidine rings is 1. The van der Waals surface area contributed by atoms with Gasteiger partial charge >= 0.3 is 0 Å². The summed E-state index contributed by atoms with van der Waals surface area (Å²) in [6.45, 7) is 1.90. The smallest absolute Gasteiger partial charge is 0.276 e. The number of nitrogens with zero attached hydrogens (tertiary/aromatic N) is 4. The maximum Gasteiger partial charge on any atom is 0.276 e. The lowest BCUT2D eigenvalue weighted by atomic mass is 9.93. The highest BCUT2D eigenvalue weighted by Gasteiger charge is 2.40. The minimum absolute atomic E-state index is 0.0230. The van der Waals surface area contributed by atoms with Gasteiger partial charge in [0.1, 0.15) is 11.5 Å². The zero-order valence-electron chi connectivity index (χ0n) is 15.8. The van der Waals surface area contributed by atoms with Crippen molar-refractivity contribution >= 4 is 11.8 Å². The Labute approximate surface area is 163 Å². The van der Waals surface area contributed by atoms with Crippen LogP contribution in [0.25, 0.3) is 0 Å². The maximum absolute atomic E-state index is 13.3. The average Bonchev–Trinajstić information content (AvgIpc) is 2.95. The molecule has 4 aliphatic rings. The fourth-order valence-corrected chi connectivity index (χ4v) is 4.84. The Kier molecular flexibility index (Phi) is 4.37. The summed E-state index contributed by atoms with van der Waals surface area (Å²) < 4.78 is 5.46. The topological polar surface area (TPSA) is 79.5 Å². The van der Waals surface area contributed by atoms with E-state index in [4.69, 9.17) is 4.52 Å². The molecule has 0 N–H and O–H groups in total. The van der Waals surface area contributed by atoms with Crippen molar-refractivity contribution in [1.82, 2.24) is 19.9 Å². The second-order valence-electron chi connectivity index (χ2n) is 8.12. The van der Waals surface area contributed by atoms with Crippen molar-refractivity contribution in [2.24, 2.45) is 5.92 Å². The summed E-state index contributed by atoms with van der Waals surface area (Å²) in [6, 6.07) is 5.41. The third kappa shape index (κ3) is 2.99. The summed E-state index contributed by atoms with van der Waals surface area (Å²) >= 11 is 0. The standard InChI is InChI=1S/C21H24N4O3/c26-20(17-6-3-4-10-22-17)24-11-14-8-9-15(13-24)25(12-14)21(27)19-16-5-1-2-7-18(16)28-23-19/h3-4,6,10,14-15H,1-2,5,7-9,11-13H2/t14-,15+/m0/s1. The normalized spacial score (nSPS) is 24.0. The molecule has 1 aliphatic carbocycles. The molecule has 3 saturated heterocycles. The molecule has 3 fully saturated rings. The van der Waals surface area contributed by atoms with Crippen LogP contribution >= 0.6 is 0 Å². The number of pyridine rings is 1. The predicted molar refractivity (Wildman–Crippen MR) is 101 cm³/mol. The van der Waals surface area contributed by atoms with Crippen LogP contribution in [0, 0.1) is 5.92 Å². The van der Waals surface area contributed by atoms with E-state index in [-0.39, 0.29) is 23.8 Å². The predicted octanol–water partition coefficient (Wildman–Crippen LogP) is 2.33. The van der Waals surface area contributed by atoms with Gasteiger partial charge in [0.05, 0.1) is 0 Å². The van der Waals surface area contributed by atoms with Gasteiger partial charge in [0.2, 0.25) is 0 Å². The number of aromatic nitrogens is 2. The molecule has 146 valence electrons. The van der Waals surface area contributed by atoms with Gasteiger partial charge in [-0.15, -0.1) is 0 Å². The second kappa shape index (κ2) is 7.04. The van der Waals surface area contributed by atoms with Gasteiger partial charge in [-0.05, 0) is 50.2 Å². The lowest BCUT2D eigenvalue weighted by molar-refractivity contribution is 0.0563. The first-order chi connectivity index (χ1) is 13.7. The van der Waals surface area contributed by atoms with Gasteiger partial charge in [-0.1, -0.05) is 11.2 Å². The quantitative estimate of drug-likeness (QED) is 0.799. The van der Waals surface area contributed by atoms with Crippen molar-refractivity contribution < 1.29 is 14.1 Å². The Balaban J connectivity index is 1.38. The third-order valence-electron chi connectivity index (χ3n) is 6.30. The number of fused-ring (bicyclic) bond motifs is 5. The molecule has 0 aromatic carbocycles. The summed E-state index contributed by atoms with van der Waals surface area (Å²) in [5.41, 5.74) is 1.95. The van der Waals surface area contributed by atoms with E-state index < -0.39 is 0 Å². The number of rotatable bonds is 2. The van der Waals surface area contributed by atoms with E-state index in [0.717, 1.165) is 49.8 Å². The summed E-state index contributed by atoms with van der Waals surface area (Å²) in [7, 11) is 0. The van der Waals surface area contributed by atoms with Gasteiger partial charge in [-0.25, -0.2) is 0 Å². The van der Waals surface area contributed by atoms with Crippen LogP contribution < -0.4 is 0 Å². The largest absolute Gasteiger partial charge is 0.360 e. The molecule has 7 nitrogen and oxygen atoms in total. The van der Waals surface area contributed by atoms with E-state index >= 15 is 0 Å². The summed E-state index contributed by atoms with van der Waals surface area (Å²) in [6.07, 6.45) is 7.50. The van der Waals surface area contributed by atoms with Gasteiger partial charge < -0.3 is 14.3 Å². The van der Waals surface area contributed by atoms with Crippen LogP contribution in [0.5, 0.6) is 0 Å².